The average Bonchev–Trinajstić information content (AvgIpc) is 3.87. The average molecular weight is 834 g/mol. The fourth-order valence-corrected chi connectivity index (χ4v) is 5.71. The first kappa shape index (κ1) is 40.9. The summed E-state index contributed by atoms with van der Waals surface area (Å²) in [6.07, 6.45) is 13.4. The van der Waals surface area contributed by atoms with Gasteiger partial charge in [-0.2, -0.15) is 10.2 Å². The Morgan fingerprint density at radius 1 is 0.707 bits per heavy atom. The highest BCUT2D eigenvalue weighted by atomic mass is 35.5. The molecule has 0 radical (unpaired) electrons. The number of rotatable bonds is 19. The summed E-state index contributed by atoms with van der Waals surface area (Å²) in [6.45, 7) is 0.786. The number of methoxy groups -OCH3 is 2. The van der Waals surface area contributed by atoms with E-state index in [0.717, 1.165) is 5.69 Å². The van der Waals surface area contributed by atoms with Crippen molar-refractivity contribution >= 4 is 58.3 Å². The summed E-state index contributed by atoms with van der Waals surface area (Å²) in [5, 5.41) is 17.8. The highest BCUT2D eigenvalue weighted by Gasteiger charge is 2.17. The first-order valence-electron chi connectivity index (χ1n) is 17.4. The molecule has 4 aromatic heterocycles. The molecule has 6 rings (SSSR count). The number of amides is 2. The summed E-state index contributed by atoms with van der Waals surface area (Å²) in [5.41, 5.74) is 5.57. The van der Waals surface area contributed by atoms with E-state index in [2.05, 4.69) is 51.6 Å². The molecule has 2 amide bonds. The first-order chi connectivity index (χ1) is 28.1. The van der Waals surface area contributed by atoms with Crippen LogP contribution < -0.4 is 40.4 Å². The zero-order valence-corrected chi connectivity index (χ0v) is 33.2. The molecule has 21 heteroatoms. The summed E-state index contributed by atoms with van der Waals surface area (Å²) < 4.78 is 25.7. The first-order valence-corrected chi connectivity index (χ1v) is 18.2. The molecule has 0 saturated heterocycles. The molecule has 0 atom stereocenters. The van der Waals surface area contributed by atoms with E-state index in [0.29, 0.717) is 80.3 Å². The van der Waals surface area contributed by atoms with E-state index in [-0.39, 0.29) is 31.3 Å². The lowest BCUT2D eigenvalue weighted by Crippen LogP contribution is -2.25. The molecule has 4 heterocycles. The van der Waals surface area contributed by atoms with Crippen LogP contribution in [0.5, 0.6) is 23.0 Å². The minimum atomic E-state index is -0.494. The van der Waals surface area contributed by atoms with Crippen molar-refractivity contribution < 1.29 is 33.4 Å². The molecule has 4 N–H and O–H groups in total. The van der Waals surface area contributed by atoms with Crippen molar-refractivity contribution in [2.75, 3.05) is 38.5 Å². The second kappa shape index (κ2) is 19.4. The lowest BCUT2D eigenvalue weighted by atomic mass is 10.1. The number of benzene rings is 2. The highest BCUT2D eigenvalue weighted by Crippen LogP contribution is 2.32. The van der Waals surface area contributed by atoms with Gasteiger partial charge in [-0.3, -0.25) is 23.8 Å². The van der Waals surface area contributed by atoms with E-state index < -0.39 is 5.91 Å². The van der Waals surface area contributed by atoms with E-state index in [9.17, 15) is 9.59 Å². The van der Waals surface area contributed by atoms with E-state index >= 15 is 0 Å². The Balaban J connectivity index is 0.931. The number of ether oxygens (including phenoxy) is 4. The third-order valence-electron chi connectivity index (χ3n) is 8.11. The van der Waals surface area contributed by atoms with E-state index in [1.54, 1.807) is 52.4 Å². The van der Waals surface area contributed by atoms with Gasteiger partial charge < -0.3 is 34.9 Å². The number of nitrogens with zero attached hydrogens (tertiary/aromatic N) is 8. The molecule has 0 aliphatic rings. The molecule has 0 fully saturated rings. The van der Waals surface area contributed by atoms with Gasteiger partial charge >= 0.3 is 0 Å². The van der Waals surface area contributed by atoms with Gasteiger partial charge in [-0.1, -0.05) is 23.2 Å². The second-order valence-electron chi connectivity index (χ2n) is 12.2. The van der Waals surface area contributed by atoms with Crippen molar-refractivity contribution in [1.82, 2.24) is 50.3 Å². The molecule has 302 valence electrons. The van der Waals surface area contributed by atoms with Gasteiger partial charge in [0.15, 0.2) is 11.5 Å². The molecule has 58 heavy (non-hydrogen) atoms. The van der Waals surface area contributed by atoms with Crippen molar-refractivity contribution in [3.8, 4) is 23.0 Å². The summed E-state index contributed by atoms with van der Waals surface area (Å²) >= 11 is 13.0. The Bertz CT molecular complexity index is 2340. The lowest BCUT2D eigenvalue weighted by Gasteiger charge is -2.13. The quantitative estimate of drug-likeness (QED) is 0.0604. The smallest absolute Gasteiger partial charge is 0.274 e. The SMILES string of the molecule is CNC(=O)c1cc(COc2cnc(Nc3cnn(CCCONC(=O)c4cc(COc5cnc(Nc6cnn(C)c6)nc5)c(Cl)c(OC)c4)c3)nc2)c(Cl)c(OC)c1. The minimum Gasteiger partial charge on any atom is -0.495 e. The van der Waals surface area contributed by atoms with Crippen molar-refractivity contribution in [3.63, 3.8) is 0 Å². The van der Waals surface area contributed by atoms with Crippen LogP contribution in [0.25, 0.3) is 0 Å². The van der Waals surface area contributed by atoms with Crippen LogP contribution in [0, 0.1) is 0 Å². The molecule has 0 aliphatic heterocycles. The van der Waals surface area contributed by atoms with Crippen LogP contribution in [0.4, 0.5) is 23.3 Å². The highest BCUT2D eigenvalue weighted by molar-refractivity contribution is 6.33. The minimum absolute atomic E-state index is 0.0202. The molecule has 0 bridgehead atoms. The van der Waals surface area contributed by atoms with Gasteiger partial charge in [0, 0.05) is 55.3 Å². The third kappa shape index (κ3) is 10.8. The Morgan fingerprint density at radius 3 is 1.72 bits per heavy atom. The zero-order valence-electron chi connectivity index (χ0n) is 31.7. The Morgan fingerprint density at radius 2 is 1.22 bits per heavy atom. The third-order valence-corrected chi connectivity index (χ3v) is 8.97. The molecule has 0 saturated carbocycles. The van der Waals surface area contributed by atoms with Crippen LogP contribution in [-0.2, 0) is 31.6 Å². The van der Waals surface area contributed by atoms with E-state index in [1.807, 2.05) is 7.05 Å². The van der Waals surface area contributed by atoms with Crippen molar-refractivity contribution in [1.29, 1.82) is 0 Å². The van der Waals surface area contributed by atoms with Crippen LogP contribution in [0.2, 0.25) is 10.0 Å². The Hall–Kier alpha value is -6.70. The van der Waals surface area contributed by atoms with Crippen LogP contribution in [0.15, 0.2) is 73.8 Å². The van der Waals surface area contributed by atoms with Crippen molar-refractivity contribution in [2.24, 2.45) is 7.05 Å². The second-order valence-corrected chi connectivity index (χ2v) is 13.0. The summed E-state index contributed by atoms with van der Waals surface area (Å²) in [4.78, 5) is 47.7. The summed E-state index contributed by atoms with van der Waals surface area (Å²) in [6, 6.07) is 6.30. The molecule has 6 aromatic rings. The predicted octanol–water partition coefficient (Wildman–Crippen LogP) is 5.28. The molecule has 0 aliphatic carbocycles. The van der Waals surface area contributed by atoms with Gasteiger partial charge in [0.1, 0.15) is 24.7 Å². The van der Waals surface area contributed by atoms with Crippen LogP contribution in [0.3, 0.4) is 0 Å². The van der Waals surface area contributed by atoms with Crippen molar-refractivity contribution in [2.45, 2.75) is 26.2 Å². The molecule has 19 nitrogen and oxygen atoms in total. The maximum atomic E-state index is 13.0. The number of aryl methyl sites for hydroxylation is 2. The number of anilines is 4. The number of nitrogens with one attached hydrogen (secondary N) is 4. The van der Waals surface area contributed by atoms with Gasteiger partial charge in [-0.25, -0.2) is 25.4 Å². The standard InChI is InChI=1S/C37H38Cl2N12O7/c1-40-34(52)22-8-24(32(38)30(10-22)54-3)20-56-29-16-43-37(44-17-29)48-27-13-46-51(19-27)6-5-7-58-49-35(53)23-9-25(33(39)31(11-23)55-4)21-57-28-14-41-36(42-15-28)47-26-12-45-50(2)18-26/h8-19H,5-7,20-21H2,1-4H3,(H,40,52)(H,49,53)(H,41,42,47)(H,43,44,48). The molecule has 0 spiro atoms. The van der Waals surface area contributed by atoms with Gasteiger partial charge in [-0.15, -0.1) is 0 Å². The number of halogens is 2. The molecular formula is C37H38Cl2N12O7. The van der Waals surface area contributed by atoms with Gasteiger partial charge in [-0.05, 0) is 30.7 Å². The van der Waals surface area contributed by atoms with Crippen LogP contribution >= 0.6 is 23.2 Å². The van der Waals surface area contributed by atoms with Gasteiger partial charge in [0.2, 0.25) is 11.9 Å². The number of hydrogen-bond acceptors (Lipinski definition) is 15. The summed E-state index contributed by atoms with van der Waals surface area (Å²) in [5.74, 6) is 1.37. The largest absolute Gasteiger partial charge is 0.495 e. The number of carbonyl (C=O) groups is 2. The fraction of sp³-hybridized carbons (Fsp3) is 0.243. The lowest BCUT2D eigenvalue weighted by molar-refractivity contribution is 0.0291. The van der Waals surface area contributed by atoms with Crippen LogP contribution in [-0.4, -0.2) is 79.2 Å². The molecular weight excluding hydrogens is 795 g/mol. The number of aromatic nitrogens is 8. The van der Waals surface area contributed by atoms with Crippen molar-refractivity contribution in [3.05, 3.63) is 106 Å². The number of carbonyl (C=O) groups excluding carboxylic acids is 2. The number of hydroxylamine groups is 1. The van der Waals surface area contributed by atoms with E-state index in [1.165, 1.54) is 52.1 Å². The summed E-state index contributed by atoms with van der Waals surface area (Å²) in [7, 11) is 6.27. The Labute approximate surface area is 341 Å². The monoisotopic (exact) mass is 832 g/mol. The molecule has 2 aromatic carbocycles. The van der Waals surface area contributed by atoms with Gasteiger partial charge in [0.25, 0.3) is 11.8 Å². The molecule has 0 unspecified atom stereocenters. The maximum Gasteiger partial charge on any atom is 0.274 e. The number of hydrogen-bond donors (Lipinski definition) is 4. The topological polar surface area (TPSA) is 216 Å². The van der Waals surface area contributed by atoms with E-state index in [4.69, 9.17) is 47.0 Å². The zero-order chi connectivity index (χ0) is 41.0. The predicted molar refractivity (Wildman–Crippen MR) is 212 cm³/mol. The maximum absolute atomic E-state index is 13.0. The van der Waals surface area contributed by atoms with Gasteiger partial charge in [0.05, 0.1) is 79.4 Å². The van der Waals surface area contributed by atoms with Crippen LogP contribution in [0.1, 0.15) is 38.3 Å². The normalized spacial score (nSPS) is 10.8. The fourth-order valence-electron chi connectivity index (χ4n) is 5.23. The Kier molecular flexibility index (Phi) is 13.7.